The zero-order valence-corrected chi connectivity index (χ0v) is 10.6. The molecule has 0 spiro atoms. The summed E-state index contributed by atoms with van der Waals surface area (Å²) in [4.78, 5) is 17.6. The molecule has 1 atom stereocenters. The number of para-hydroxylation sites is 1. The first kappa shape index (κ1) is 11.8. The highest BCUT2D eigenvalue weighted by molar-refractivity contribution is 5.77. The summed E-state index contributed by atoms with van der Waals surface area (Å²) in [5, 5.41) is 17.4. The minimum absolute atomic E-state index is 0.419. The lowest BCUT2D eigenvalue weighted by atomic mass is 9.90. The zero-order valence-electron chi connectivity index (χ0n) is 10.6. The third kappa shape index (κ3) is 1.99. The number of fused-ring (bicyclic) bond motifs is 1. The van der Waals surface area contributed by atoms with Crippen molar-refractivity contribution in [2.75, 3.05) is 18.0 Å². The Balaban J connectivity index is 1.92. The fourth-order valence-electron chi connectivity index (χ4n) is 2.31. The Labute approximate surface area is 110 Å². The molecule has 1 fully saturated rings. The van der Waals surface area contributed by atoms with E-state index in [-0.39, 0.29) is 0 Å². The number of benzene rings is 1. The first-order valence-electron chi connectivity index (χ1n) is 6.16. The van der Waals surface area contributed by atoms with Crippen LogP contribution in [0.2, 0.25) is 0 Å². The van der Waals surface area contributed by atoms with Crippen molar-refractivity contribution in [3.05, 3.63) is 24.3 Å². The summed E-state index contributed by atoms with van der Waals surface area (Å²) >= 11 is 0. The Morgan fingerprint density at radius 1 is 1.32 bits per heavy atom. The van der Waals surface area contributed by atoms with Gasteiger partial charge in [-0.2, -0.15) is 0 Å². The summed E-state index contributed by atoms with van der Waals surface area (Å²) in [5.74, 6) is -0.271. The number of carbonyl (C=O) groups is 1. The van der Waals surface area contributed by atoms with E-state index < -0.39 is 11.4 Å². The molecule has 1 N–H and O–H groups in total. The van der Waals surface area contributed by atoms with Gasteiger partial charge in [0.15, 0.2) is 0 Å². The Hall–Kier alpha value is -2.24. The van der Waals surface area contributed by atoms with Crippen molar-refractivity contribution in [2.45, 2.75) is 13.3 Å². The Morgan fingerprint density at radius 3 is 2.74 bits per heavy atom. The first-order valence-corrected chi connectivity index (χ1v) is 6.16. The molecule has 1 saturated heterocycles. The lowest BCUT2D eigenvalue weighted by molar-refractivity contribution is -0.146. The van der Waals surface area contributed by atoms with Gasteiger partial charge in [-0.3, -0.25) is 4.79 Å². The molecule has 2 aromatic rings. The molecule has 1 aromatic heterocycles. The number of aromatic nitrogens is 3. The van der Waals surface area contributed by atoms with Gasteiger partial charge in [-0.05, 0) is 25.5 Å². The highest BCUT2D eigenvalue weighted by atomic mass is 16.4. The van der Waals surface area contributed by atoms with Crippen molar-refractivity contribution >= 4 is 23.0 Å². The van der Waals surface area contributed by atoms with E-state index >= 15 is 0 Å². The smallest absolute Gasteiger partial charge is 0.311 e. The van der Waals surface area contributed by atoms with Gasteiger partial charge in [0.25, 0.3) is 0 Å². The van der Waals surface area contributed by atoms with E-state index in [9.17, 15) is 9.90 Å². The van der Waals surface area contributed by atoms with Crippen LogP contribution in [0.1, 0.15) is 13.3 Å². The lowest BCUT2D eigenvalue weighted by Crippen LogP contribution is -2.32. The molecule has 1 aromatic carbocycles. The minimum atomic E-state index is -0.774. The number of rotatable bonds is 2. The van der Waals surface area contributed by atoms with Crippen LogP contribution in [0.3, 0.4) is 0 Å². The van der Waals surface area contributed by atoms with Crippen molar-refractivity contribution in [3.8, 4) is 0 Å². The van der Waals surface area contributed by atoms with Crippen LogP contribution in [0.15, 0.2) is 24.3 Å². The van der Waals surface area contributed by atoms with Crippen molar-refractivity contribution in [1.82, 2.24) is 15.2 Å². The molecule has 19 heavy (non-hydrogen) atoms. The van der Waals surface area contributed by atoms with Crippen molar-refractivity contribution in [2.24, 2.45) is 5.41 Å². The third-order valence-corrected chi connectivity index (χ3v) is 3.62. The second kappa shape index (κ2) is 4.15. The van der Waals surface area contributed by atoms with Crippen molar-refractivity contribution in [1.29, 1.82) is 0 Å². The fourth-order valence-corrected chi connectivity index (χ4v) is 2.31. The number of hydrogen-bond donors (Lipinski definition) is 1. The number of anilines is 1. The fraction of sp³-hybridized carbons (Fsp3) is 0.385. The molecule has 3 rings (SSSR count). The summed E-state index contributed by atoms with van der Waals surface area (Å²) < 4.78 is 0. The minimum Gasteiger partial charge on any atom is -0.481 e. The number of carboxylic acids is 1. The van der Waals surface area contributed by atoms with Crippen LogP contribution in [0.4, 0.5) is 5.95 Å². The van der Waals surface area contributed by atoms with Crippen LogP contribution >= 0.6 is 0 Å². The molecule has 0 aliphatic carbocycles. The predicted molar refractivity (Wildman–Crippen MR) is 69.9 cm³/mol. The number of hydrogen-bond acceptors (Lipinski definition) is 5. The lowest BCUT2D eigenvalue weighted by Gasteiger charge is -2.19. The van der Waals surface area contributed by atoms with E-state index in [1.165, 1.54) is 0 Å². The van der Waals surface area contributed by atoms with Crippen LogP contribution < -0.4 is 4.90 Å². The molecule has 1 aliphatic heterocycles. The van der Waals surface area contributed by atoms with Gasteiger partial charge < -0.3 is 10.0 Å². The van der Waals surface area contributed by atoms with Crippen molar-refractivity contribution < 1.29 is 9.90 Å². The maximum atomic E-state index is 11.2. The molecular formula is C13H14N4O2. The molecule has 6 heteroatoms. The van der Waals surface area contributed by atoms with Gasteiger partial charge in [0.05, 0.1) is 10.9 Å². The van der Waals surface area contributed by atoms with E-state index in [0.29, 0.717) is 25.5 Å². The summed E-state index contributed by atoms with van der Waals surface area (Å²) in [6.07, 6.45) is 0.596. The van der Waals surface area contributed by atoms with E-state index in [1.807, 2.05) is 29.2 Å². The SMILES string of the molecule is CC1(C(=O)O)CCN(c2nnc3ccccc3n2)C1. The molecule has 0 saturated carbocycles. The average molecular weight is 258 g/mol. The van der Waals surface area contributed by atoms with E-state index in [4.69, 9.17) is 0 Å². The zero-order chi connectivity index (χ0) is 13.5. The molecule has 1 aliphatic rings. The average Bonchev–Trinajstić information content (AvgIpc) is 2.82. The summed E-state index contributed by atoms with van der Waals surface area (Å²) in [7, 11) is 0. The standard InChI is InChI=1S/C13H14N4O2/c1-13(11(18)19)6-7-17(8-13)12-14-9-4-2-3-5-10(9)15-16-12/h2-5H,6-8H2,1H3,(H,18,19). The van der Waals surface area contributed by atoms with Gasteiger partial charge in [0, 0.05) is 13.1 Å². The quantitative estimate of drug-likeness (QED) is 0.875. The first-order chi connectivity index (χ1) is 9.08. The Morgan fingerprint density at radius 2 is 2.05 bits per heavy atom. The summed E-state index contributed by atoms with van der Waals surface area (Å²) in [5.41, 5.74) is 0.789. The van der Waals surface area contributed by atoms with Gasteiger partial charge in [-0.1, -0.05) is 12.1 Å². The highest BCUT2D eigenvalue weighted by Crippen LogP contribution is 2.32. The van der Waals surface area contributed by atoms with Gasteiger partial charge >= 0.3 is 5.97 Å². The van der Waals surface area contributed by atoms with Crippen LogP contribution in [0, 0.1) is 5.41 Å². The molecule has 1 unspecified atom stereocenters. The van der Waals surface area contributed by atoms with E-state index in [2.05, 4.69) is 15.2 Å². The second-order valence-electron chi connectivity index (χ2n) is 5.14. The van der Waals surface area contributed by atoms with Crippen LogP contribution in [0.25, 0.3) is 11.0 Å². The summed E-state index contributed by atoms with van der Waals surface area (Å²) in [6, 6.07) is 7.51. The van der Waals surface area contributed by atoms with Crippen LogP contribution in [0.5, 0.6) is 0 Å². The maximum absolute atomic E-state index is 11.2. The molecule has 0 radical (unpaired) electrons. The van der Waals surface area contributed by atoms with E-state index in [1.54, 1.807) is 6.92 Å². The topological polar surface area (TPSA) is 79.2 Å². The molecule has 0 bridgehead atoms. The van der Waals surface area contributed by atoms with Gasteiger partial charge in [0.1, 0.15) is 5.52 Å². The third-order valence-electron chi connectivity index (χ3n) is 3.62. The monoisotopic (exact) mass is 258 g/mol. The normalized spacial score (nSPS) is 22.9. The maximum Gasteiger partial charge on any atom is 0.311 e. The largest absolute Gasteiger partial charge is 0.481 e. The number of carboxylic acid groups (broad SMARTS) is 1. The molecule has 6 nitrogen and oxygen atoms in total. The Bertz CT molecular complexity index is 645. The molecular weight excluding hydrogens is 244 g/mol. The van der Waals surface area contributed by atoms with Gasteiger partial charge in [-0.25, -0.2) is 4.98 Å². The second-order valence-corrected chi connectivity index (χ2v) is 5.14. The molecule has 98 valence electrons. The highest BCUT2D eigenvalue weighted by Gasteiger charge is 2.41. The van der Waals surface area contributed by atoms with Gasteiger partial charge in [0.2, 0.25) is 5.95 Å². The van der Waals surface area contributed by atoms with E-state index in [0.717, 1.165) is 11.0 Å². The molecule has 0 amide bonds. The van der Waals surface area contributed by atoms with Crippen molar-refractivity contribution in [3.63, 3.8) is 0 Å². The Kier molecular flexibility index (Phi) is 2.58. The predicted octanol–water partition coefficient (Wildman–Crippen LogP) is 1.33. The summed E-state index contributed by atoms with van der Waals surface area (Å²) in [6.45, 7) is 2.81. The van der Waals surface area contributed by atoms with Crippen LogP contribution in [-0.4, -0.2) is 39.3 Å². The van der Waals surface area contributed by atoms with Crippen LogP contribution in [-0.2, 0) is 4.79 Å². The number of nitrogens with zero attached hydrogens (tertiary/aromatic N) is 4. The number of aliphatic carboxylic acids is 1. The molecule has 2 heterocycles. The van der Waals surface area contributed by atoms with Gasteiger partial charge in [-0.15, -0.1) is 10.2 Å².